The van der Waals surface area contributed by atoms with E-state index in [1.165, 1.54) is 3.97 Å². The van der Waals surface area contributed by atoms with E-state index in [9.17, 15) is 21.6 Å². The van der Waals surface area contributed by atoms with Gasteiger partial charge >= 0.3 is 0 Å². The highest BCUT2D eigenvalue weighted by Gasteiger charge is 2.24. The molecule has 0 fully saturated rings. The van der Waals surface area contributed by atoms with Crippen molar-refractivity contribution in [2.24, 2.45) is 0 Å². The van der Waals surface area contributed by atoms with Gasteiger partial charge in [-0.15, -0.1) is 0 Å². The maximum absolute atomic E-state index is 13.4. The van der Waals surface area contributed by atoms with Crippen molar-refractivity contribution in [2.45, 2.75) is 50.3 Å². The summed E-state index contributed by atoms with van der Waals surface area (Å²) in [6.45, 7) is 7.83. The summed E-state index contributed by atoms with van der Waals surface area (Å²) >= 11 is 0. The largest absolute Gasteiger partial charge is 0.325 e. The number of nitrogens with one attached hydrogen (secondary N) is 2. The molecule has 0 aliphatic carbocycles. The Morgan fingerprint density at radius 1 is 0.582 bits per heavy atom. The van der Waals surface area contributed by atoms with Gasteiger partial charge in [-0.1, -0.05) is 113 Å². The first-order valence-corrected chi connectivity index (χ1v) is 20.6. The maximum atomic E-state index is 13.4. The Balaban J connectivity index is 0.000000187. The third-order valence-electron chi connectivity index (χ3n) is 8.89. The topological polar surface area (TPSA) is 127 Å². The molecule has 9 nitrogen and oxygen atoms in total. The second kappa shape index (κ2) is 16.5. The summed E-state index contributed by atoms with van der Waals surface area (Å²) in [5, 5.41) is 3.15. The molecule has 7 rings (SSSR count). The summed E-state index contributed by atoms with van der Waals surface area (Å²) in [6, 6.07) is 43.3. The second-order valence-corrected chi connectivity index (χ2v) is 16.9. The summed E-state index contributed by atoms with van der Waals surface area (Å²) < 4.78 is 56.0. The number of ketones is 1. The molecular formula is C44H42N4O5S2. The van der Waals surface area contributed by atoms with Gasteiger partial charge in [0.15, 0.2) is 0 Å². The number of carbonyl (C=O) groups is 1. The molecule has 0 unspecified atom stereocenters. The number of aryl methyl sites for hydroxylation is 4. The normalized spacial score (nSPS) is 11.4. The molecule has 11 heteroatoms. The molecule has 0 spiro atoms. The molecule has 0 aliphatic rings. The molecule has 7 aromatic rings. The lowest BCUT2D eigenvalue weighted by molar-refractivity contribution is -0.117. The lowest BCUT2D eigenvalue weighted by atomic mass is 10.0. The van der Waals surface area contributed by atoms with Crippen molar-refractivity contribution in [3.05, 3.63) is 179 Å². The molecule has 1 heterocycles. The summed E-state index contributed by atoms with van der Waals surface area (Å²) in [6.07, 6.45) is 0.486. The fourth-order valence-corrected chi connectivity index (χ4v) is 8.33. The molecule has 0 bridgehead atoms. The third-order valence-corrected chi connectivity index (χ3v) is 12.0. The first-order valence-electron chi connectivity index (χ1n) is 17.7. The molecular weight excluding hydrogens is 729 g/mol. The highest BCUT2D eigenvalue weighted by atomic mass is 32.2. The Bertz CT molecular complexity index is 2650. The van der Waals surface area contributed by atoms with E-state index in [1.54, 1.807) is 91.0 Å². The first-order chi connectivity index (χ1) is 26.3. The monoisotopic (exact) mass is 770 g/mol. The van der Waals surface area contributed by atoms with E-state index in [1.807, 2.05) is 82.3 Å². The molecule has 0 saturated carbocycles. The highest BCUT2D eigenvalue weighted by molar-refractivity contribution is 7.92. The van der Waals surface area contributed by atoms with E-state index in [0.717, 1.165) is 33.5 Å². The van der Waals surface area contributed by atoms with Crippen LogP contribution in [0.1, 0.15) is 33.4 Å². The van der Waals surface area contributed by atoms with Crippen LogP contribution in [0.4, 0.5) is 17.3 Å². The standard InChI is InChI=1S/C23H23NO3S.C21H19N3O2S/c1-17-7-11-19(12-8-17)15-21(25)16-20-5-3-4-6-23(20)24-28(26,27)22-13-9-18(2)10-14-22;1-15-7-11-17(12-8-15)22-21-23-19-5-3-4-6-20(19)24(21)27(25,26)18-13-9-16(2)10-14-18/h3-14,24H,15-16H2,1-2H3;3-14H,1-2H3,(H,22,23). The predicted molar refractivity (Wildman–Crippen MR) is 220 cm³/mol. The van der Waals surface area contributed by atoms with Crippen LogP contribution in [0, 0.1) is 27.7 Å². The molecule has 6 aromatic carbocycles. The molecule has 2 N–H and O–H groups in total. The quantitative estimate of drug-likeness (QED) is 0.134. The van der Waals surface area contributed by atoms with Gasteiger partial charge in [-0.25, -0.2) is 25.8 Å². The molecule has 55 heavy (non-hydrogen) atoms. The minimum atomic E-state index is -3.81. The smallest absolute Gasteiger partial charge is 0.271 e. The van der Waals surface area contributed by atoms with Gasteiger partial charge < -0.3 is 5.32 Å². The third kappa shape index (κ3) is 9.56. The van der Waals surface area contributed by atoms with Crippen molar-refractivity contribution in [1.82, 2.24) is 8.96 Å². The van der Waals surface area contributed by atoms with Crippen LogP contribution in [-0.2, 0) is 37.7 Å². The average Bonchev–Trinajstić information content (AvgIpc) is 3.53. The zero-order valence-corrected chi connectivity index (χ0v) is 32.7. The molecule has 1 aromatic heterocycles. The number of benzene rings is 6. The second-order valence-electron chi connectivity index (χ2n) is 13.5. The Morgan fingerprint density at radius 3 is 1.71 bits per heavy atom. The Morgan fingerprint density at radius 2 is 1.09 bits per heavy atom. The van der Waals surface area contributed by atoms with Crippen LogP contribution >= 0.6 is 0 Å². The molecule has 0 atom stereocenters. The maximum Gasteiger partial charge on any atom is 0.271 e. The van der Waals surface area contributed by atoms with Gasteiger partial charge in [-0.05, 0) is 93.4 Å². The number of carbonyl (C=O) groups excluding carboxylic acids is 1. The van der Waals surface area contributed by atoms with Gasteiger partial charge in [0.05, 0.1) is 26.5 Å². The van der Waals surface area contributed by atoms with Crippen molar-refractivity contribution in [3.8, 4) is 0 Å². The zero-order chi connectivity index (χ0) is 39.2. The van der Waals surface area contributed by atoms with Crippen molar-refractivity contribution < 1.29 is 21.6 Å². The zero-order valence-electron chi connectivity index (χ0n) is 31.0. The lowest BCUT2D eigenvalue weighted by Gasteiger charge is -2.13. The van der Waals surface area contributed by atoms with Gasteiger partial charge in [-0.3, -0.25) is 9.52 Å². The van der Waals surface area contributed by atoms with Gasteiger partial charge in [0, 0.05) is 18.5 Å². The summed E-state index contributed by atoms with van der Waals surface area (Å²) in [5.74, 6) is 0.298. The number of fused-ring (bicyclic) bond motifs is 1. The minimum absolute atomic E-state index is 0.0332. The van der Waals surface area contributed by atoms with Crippen molar-refractivity contribution in [1.29, 1.82) is 0 Å². The lowest BCUT2D eigenvalue weighted by Crippen LogP contribution is -2.15. The molecule has 280 valence electrons. The number of hydrogen-bond acceptors (Lipinski definition) is 7. The summed E-state index contributed by atoms with van der Waals surface area (Å²) in [4.78, 5) is 17.4. The summed E-state index contributed by atoms with van der Waals surface area (Å²) in [5.41, 5.74) is 8.23. The van der Waals surface area contributed by atoms with E-state index in [4.69, 9.17) is 0 Å². The van der Waals surface area contributed by atoms with E-state index in [0.29, 0.717) is 28.7 Å². The Labute approximate surface area is 322 Å². The number of para-hydroxylation sites is 3. The van der Waals surface area contributed by atoms with Crippen LogP contribution in [0.5, 0.6) is 0 Å². The number of Topliss-reactive ketones (excluding diaryl/α,β-unsaturated/α-hetero) is 1. The SMILES string of the molecule is Cc1ccc(CC(=O)Cc2ccccc2NS(=O)(=O)c2ccc(C)cc2)cc1.Cc1ccc(Nc2nc3ccccc3n2S(=O)(=O)c2ccc(C)cc2)cc1. The number of anilines is 3. The van der Waals surface area contributed by atoms with Gasteiger partial charge in [-0.2, -0.15) is 0 Å². The number of nitrogens with zero attached hydrogens (tertiary/aromatic N) is 2. The van der Waals surface area contributed by atoms with E-state index < -0.39 is 20.0 Å². The van der Waals surface area contributed by atoms with Crippen LogP contribution < -0.4 is 10.0 Å². The highest BCUT2D eigenvalue weighted by Crippen LogP contribution is 2.28. The van der Waals surface area contributed by atoms with Gasteiger partial charge in [0.1, 0.15) is 5.78 Å². The molecule has 0 radical (unpaired) electrons. The summed E-state index contributed by atoms with van der Waals surface area (Å²) in [7, 11) is -7.52. The molecule has 0 aliphatic heterocycles. The Kier molecular flexibility index (Phi) is 11.6. The van der Waals surface area contributed by atoms with Gasteiger partial charge in [0.25, 0.3) is 20.0 Å². The number of aromatic nitrogens is 2. The Hall–Kier alpha value is -6.04. The fourth-order valence-electron chi connectivity index (χ4n) is 5.81. The van der Waals surface area contributed by atoms with Crippen LogP contribution in [0.25, 0.3) is 11.0 Å². The minimum Gasteiger partial charge on any atom is -0.325 e. The number of imidazole rings is 1. The predicted octanol–water partition coefficient (Wildman–Crippen LogP) is 9.09. The van der Waals surface area contributed by atoms with Crippen LogP contribution in [-0.4, -0.2) is 31.6 Å². The van der Waals surface area contributed by atoms with Crippen molar-refractivity contribution in [3.63, 3.8) is 0 Å². The number of rotatable bonds is 11. The van der Waals surface area contributed by atoms with E-state index in [2.05, 4.69) is 15.0 Å². The molecule has 0 saturated heterocycles. The number of sulfonamides is 1. The number of hydrogen-bond donors (Lipinski definition) is 2. The first kappa shape index (κ1) is 38.7. The van der Waals surface area contributed by atoms with E-state index >= 15 is 0 Å². The van der Waals surface area contributed by atoms with Crippen molar-refractivity contribution in [2.75, 3.05) is 10.0 Å². The van der Waals surface area contributed by atoms with Crippen molar-refractivity contribution >= 4 is 54.2 Å². The van der Waals surface area contributed by atoms with Crippen LogP contribution in [0.15, 0.2) is 155 Å². The van der Waals surface area contributed by atoms with Gasteiger partial charge in [0.2, 0.25) is 5.95 Å². The van der Waals surface area contributed by atoms with Crippen LogP contribution in [0.3, 0.4) is 0 Å². The average molecular weight is 771 g/mol. The molecule has 0 amide bonds. The fraction of sp³-hybridized carbons (Fsp3) is 0.136. The van der Waals surface area contributed by atoms with Crippen LogP contribution in [0.2, 0.25) is 0 Å². The van der Waals surface area contributed by atoms with E-state index in [-0.39, 0.29) is 27.9 Å².